The van der Waals surface area contributed by atoms with Crippen LogP contribution in [0.4, 0.5) is 5.82 Å². The average Bonchev–Trinajstić information content (AvgIpc) is 2.55. The summed E-state index contributed by atoms with van der Waals surface area (Å²) >= 11 is 0. The van der Waals surface area contributed by atoms with Crippen LogP contribution in [0.1, 0.15) is 37.8 Å². The number of anilines is 1. The zero-order chi connectivity index (χ0) is 15.3. The average molecular weight is 304 g/mol. The molecule has 0 atom stereocenters. The van der Waals surface area contributed by atoms with E-state index in [9.17, 15) is 0 Å². The highest BCUT2D eigenvalue weighted by atomic mass is 16.5. The smallest absolute Gasteiger partial charge is 0.129 e. The summed E-state index contributed by atoms with van der Waals surface area (Å²) in [4.78, 5) is 11.1. The quantitative estimate of drug-likeness (QED) is 0.905. The third kappa shape index (κ3) is 4.17. The molecule has 1 saturated carbocycles. The van der Waals surface area contributed by atoms with Crippen LogP contribution in [0.15, 0.2) is 12.4 Å². The highest BCUT2D eigenvalue weighted by Gasteiger charge is 2.34. The Kier molecular flexibility index (Phi) is 5.26. The predicted octanol–water partition coefficient (Wildman–Crippen LogP) is 2.48. The Bertz CT molecular complexity index is 467. The minimum absolute atomic E-state index is 0.383. The fourth-order valence-corrected chi connectivity index (χ4v) is 3.76. The Hall–Kier alpha value is -1.20. The molecule has 1 saturated heterocycles. The number of aryl methyl sites for hydroxylation is 1. The van der Waals surface area contributed by atoms with Crippen molar-refractivity contribution < 1.29 is 4.74 Å². The highest BCUT2D eigenvalue weighted by molar-refractivity contribution is 5.34. The van der Waals surface area contributed by atoms with E-state index in [1.54, 1.807) is 6.33 Å². The maximum Gasteiger partial charge on any atom is 0.129 e. The van der Waals surface area contributed by atoms with Gasteiger partial charge in [0.05, 0.1) is 13.2 Å². The minimum Gasteiger partial charge on any atom is -0.379 e. The molecule has 5 nitrogen and oxygen atoms in total. The number of aromatic nitrogens is 2. The highest BCUT2D eigenvalue weighted by Crippen LogP contribution is 2.37. The van der Waals surface area contributed by atoms with E-state index in [0.717, 1.165) is 44.4 Å². The molecular weight excluding hydrogens is 276 g/mol. The van der Waals surface area contributed by atoms with Gasteiger partial charge in [0.2, 0.25) is 0 Å². The molecule has 3 rings (SSSR count). The van der Waals surface area contributed by atoms with Crippen LogP contribution in [-0.2, 0) is 4.74 Å². The first-order valence-electron chi connectivity index (χ1n) is 8.58. The van der Waals surface area contributed by atoms with Crippen molar-refractivity contribution in [3.05, 3.63) is 18.1 Å². The van der Waals surface area contributed by atoms with E-state index in [1.165, 1.54) is 38.6 Å². The molecule has 1 aromatic heterocycles. The van der Waals surface area contributed by atoms with Crippen molar-refractivity contribution in [3.8, 4) is 0 Å². The van der Waals surface area contributed by atoms with Gasteiger partial charge >= 0.3 is 0 Å². The minimum atomic E-state index is 0.383. The molecule has 122 valence electrons. The Morgan fingerprint density at radius 1 is 1.18 bits per heavy atom. The number of rotatable bonds is 5. The summed E-state index contributed by atoms with van der Waals surface area (Å²) in [7, 11) is 0. The van der Waals surface area contributed by atoms with E-state index >= 15 is 0 Å². The summed E-state index contributed by atoms with van der Waals surface area (Å²) in [6.07, 6.45) is 8.39. The van der Waals surface area contributed by atoms with Crippen molar-refractivity contribution in [2.45, 2.75) is 39.0 Å². The van der Waals surface area contributed by atoms with Crippen LogP contribution >= 0.6 is 0 Å². The van der Waals surface area contributed by atoms with Gasteiger partial charge in [-0.2, -0.15) is 0 Å². The van der Waals surface area contributed by atoms with Crippen molar-refractivity contribution in [3.63, 3.8) is 0 Å². The van der Waals surface area contributed by atoms with E-state index in [-0.39, 0.29) is 0 Å². The van der Waals surface area contributed by atoms with Gasteiger partial charge in [-0.15, -0.1) is 0 Å². The molecule has 0 amide bonds. The van der Waals surface area contributed by atoms with Gasteiger partial charge in [-0.25, -0.2) is 9.97 Å². The van der Waals surface area contributed by atoms with Gasteiger partial charge < -0.3 is 10.1 Å². The maximum absolute atomic E-state index is 5.49. The van der Waals surface area contributed by atoms with Crippen molar-refractivity contribution in [2.24, 2.45) is 5.41 Å². The predicted molar refractivity (Wildman–Crippen MR) is 88.0 cm³/mol. The third-order valence-corrected chi connectivity index (χ3v) is 5.03. The van der Waals surface area contributed by atoms with Crippen LogP contribution < -0.4 is 5.32 Å². The van der Waals surface area contributed by atoms with E-state index in [2.05, 4.69) is 20.2 Å². The Balaban J connectivity index is 1.63. The first-order chi connectivity index (χ1) is 10.8. The second kappa shape index (κ2) is 7.38. The van der Waals surface area contributed by atoms with E-state index in [4.69, 9.17) is 4.74 Å². The van der Waals surface area contributed by atoms with Gasteiger partial charge in [0, 0.05) is 43.4 Å². The third-order valence-electron chi connectivity index (χ3n) is 5.03. The molecule has 0 aromatic carbocycles. The fourth-order valence-electron chi connectivity index (χ4n) is 3.76. The topological polar surface area (TPSA) is 50.3 Å². The molecule has 22 heavy (non-hydrogen) atoms. The zero-order valence-corrected chi connectivity index (χ0v) is 13.7. The van der Waals surface area contributed by atoms with Crippen molar-refractivity contribution in [1.82, 2.24) is 14.9 Å². The summed E-state index contributed by atoms with van der Waals surface area (Å²) in [5.74, 6) is 0.958. The number of ether oxygens (including phenoxy) is 1. The summed E-state index contributed by atoms with van der Waals surface area (Å²) in [6, 6.07) is 2.03. The normalized spacial score (nSPS) is 22.4. The summed E-state index contributed by atoms with van der Waals surface area (Å²) in [6.45, 7) is 8.14. The number of hydrogen-bond donors (Lipinski definition) is 1. The summed E-state index contributed by atoms with van der Waals surface area (Å²) in [5, 5.41) is 3.58. The van der Waals surface area contributed by atoms with Gasteiger partial charge in [-0.3, -0.25) is 4.90 Å². The molecule has 0 bridgehead atoms. The van der Waals surface area contributed by atoms with Gasteiger partial charge in [0.25, 0.3) is 0 Å². The Morgan fingerprint density at radius 2 is 1.95 bits per heavy atom. The number of hydrogen-bond acceptors (Lipinski definition) is 5. The van der Waals surface area contributed by atoms with Crippen LogP contribution in [-0.4, -0.2) is 54.3 Å². The second-order valence-corrected chi connectivity index (χ2v) is 6.85. The Labute approximate surface area is 133 Å². The Morgan fingerprint density at radius 3 is 2.68 bits per heavy atom. The van der Waals surface area contributed by atoms with Crippen LogP contribution in [0.2, 0.25) is 0 Å². The molecule has 0 unspecified atom stereocenters. The molecule has 5 heteroatoms. The lowest BCUT2D eigenvalue weighted by Crippen LogP contribution is -2.47. The largest absolute Gasteiger partial charge is 0.379 e. The summed E-state index contributed by atoms with van der Waals surface area (Å²) in [5.41, 5.74) is 1.40. The molecule has 2 fully saturated rings. The molecule has 2 heterocycles. The standard InChI is InChI=1S/C17H28N4O/c1-15-11-16(20-14-19-15)18-12-17(5-3-2-4-6-17)13-21-7-9-22-10-8-21/h11,14H,2-10,12-13H2,1H3,(H,18,19,20). The lowest BCUT2D eigenvalue weighted by atomic mass is 9.73. The van der Waals surface area contributed by atoms with Crippen molar-refractivity contribution >= 4 is 5.82 Å². The first kappa shape index (κ1) is 15.7. The first-order valence-corrected chi connectivity index (χ1v) is 8.58. The van der Waals surface area contributed by atoms with Gasteiger partial charge in [0.1, 0.15) is 12.1 Å². The molecular formula is C17H28N4O. The SMILES string of the molecule is Cc1cc(NCC2(CN3CCOCC3)CCCCC2)ncn1. The lowest BCUT2D eigenvalue weighted by molar-refractivity contribution is 0.0102. The van der Waals surface area contributed by atoms with Gasteiger partial charge in [0.15, 0.2) is 0 Å². The molecule has 1 aliphatic heterocycles. The number of nitrogens with one attached hydrogen (secondary N) is 1. The van der Waals surface area contributed by atoms with Crippen LogP contribution in [0.3, 0.4) is 0 Å². The van der Waals surface area contributed by atoms with Crippen molar-refractivity contribution in [2.75, 3.05) is 44.7 Å². The van der Waals surface area contributed by atoms with E-state index in [0.29, 0.717) is 5.41 Å². The molecule has 1 aromatic rings. The summed E-state index contributed by atoms with van der Waals surface area (Å²) < 4.78 is 5.49. The maximum atomic E-state index is 5.49. The fraction of sp³-hybridized carbons (Fsp3) is 0.765. The van der Waals surface area contributed by atoms with E-state index < -0.39 is 0 Å². The van der Waals surface area contributed by atoms with Gasteiger partial charge in [-0.05, 0) is 19.8 Å². The second-order valence-electron chi connectivity index (χ2n) is 6.85. The van der Waals surface area contributed by atoms with Crippen molar-refractivity contribution in [1.29, 1.82) is 0 Å². The lowest BCUT2D eigenvalue weighted by Gasteiger charge is -2.42. The van der Waals surface area contributed by atoms with Gasteiger partial charge in [-0.1, -0.05) is 19.3 Å². The number of nitrogens with zero attached hydrogens (tertiary/aromatic N) is 3. The molecule has 1 aliphatic carbocycles. The van der Waals surface area contributed by atoms with Crippen LogP contribution in [0.5, 0.6) is 0 Å². The molecule has 0 radical (unpaired) electrons. The number of morpholine rings is 1. The zero-order valence-electron chi connectivity index (χ0n) is 13.7. The molecule has 2 aliphatic rings. The van der Waals surface area contributed by atoms with Crippen LogP contribution in [0.25, 0.3) is 0 Å². The van der Waals surface area contributed by atoms with E-state index in [1.807, 2.05) is 13.0 Å². The van der Waals surface area contributed by atoms with Crippen LogP contribution in [0, 0.1) is 12.3 Å². The molecule has 1 N–H and O–H groups in total. The molecule has 0 spiro atoms. The monoisotopic (exact) mass is 304 g/mol.